The van der Waals surface area contributed by atoms with Crippen LogP contribution < -0.4 is 4.74 Å². The Labute approximate surface area is 188 Å². The maximum Gasteiger partial charge on any atom is 0.433 e. The van der Waals surface area contributed by atoms with E-state index in [4.69, 9.17) is 9.47 Å². The number of carbonyl (C=O) groups excluding carboxylic acids is 2. The Morgan fingerprint density at radius 3 is 2.45 bits per heavy atom. The second-order valence-electron chi connectivity index (χ2n) is 8.28. The molecule has 0 spiro atoms. The van der Waals surface area contributed by atoms with Crippen molar-refractivity contribution in [3.05, 3.63) is 29.6 Å². The Balaban J connectivity index is 1.35. The number of rotatable bonds is 8. The molecule has 0 aliphatic carbocycles. The van der Waals surface area contributed by atoms with Crippen molar-refractivity contribution in [2.75, 3.05) is 40.0 Å². The molecule has 0 N–H and O–H groups in total. The van der Waals surface area contributed by atoms with E-state index in [0.717, 1.165) is 6.42 Å². The van der Waals surface area contributed by atoms with Crippen LogP contribution in [0.5, 0.6) is 5.75 Å². The minimum absolute atomic E-state index is 0.153. The van der Waals surface area contributed by atoms with E-state index in [1.165, 1.54) is 24.1 Å². The number of alkyl halides is 3. The summed E-state index contributed by atoms with van der Waals surface area (Å²) in [6, 6.07) is 4.30. The monoisotopic (exact) mass is 477 g/mol. The zero-order valence-electron chi connectivity index (χ0n) is 18.3. The quantitative estimate of drug-likeness (QED) is 0.322. The van der Waals surface area contributed by atoms with Gasteiger partial charge in [0.05, 0.1) is 33.4 Å². The SMILES string of the molecule is COC(=O)Cc1ccc(OCCCC2CCN(C(=O)OC3(C(F)(F)F)COC3)CC2)cc1F. The molecule has 0 atom stereocenters. The summed E-state index contributed by atoms with van der Waals surface area (Å²) in [5.74, 6) is -0.408. The predicted molar refractivity (Wildman–Crippen MR) is 107 cm³/mol. The summed E-state index contributed by atoms with van der Waals surface area (Å²) in [4.78, 5) is 24.7. The fourth-order valence-corrected chi connectivity index (χ4v) is 3.75. The van der Waals surface area contributed by atoms with E-state index in [2.05, 4.69) is 9.47 Å². The van der Waals surface area contributed by atoms with Gasteiger partial charge in [0.2, 0.25) is 0 Å². The third-order valence-corrected chi connectivity index (χ3v) is 5.95. The molecule has 11 heteroatoms. The highest BCUT2D eigenvalue weighted by Gasteiger charge is 2.64. The highest BCUT2D eigenvalue weighted by molar-refractivity contribution is 5.72. The largest absolute Gasteiger partial charge is 0.493 e. The Morgan fingerprint density at radius 1 is 1.21 bits per heavy atom. The number of amides is 1. The second kappa shape index (κ2) is 10.6. The molecule has 1 aromatic rings. The van der Waals surface area contributed by atoms with Gasteiger partial charge in [0.15, 0.2) is 0 Å². The van der Waals surface area contributed by atoms with E-state index in [1.807, 2.05) is 0 Å². The average molecular weight is 477 g/mol. The molecule has 2 aliphatic rings. The molecule has 0 radical (unpaired) electrons. The van der Waals surface area contributed by atoms with Crippen LogP contribution in [-0.2, 0) is 25.4 Å². The minimum Gasteiger partial charge on any atom is -0.493 e. The second-order valence-corrected chi connectivity index (χ2v) is 8.28. The van der Waals surface area contributed by atoms with Gasteiger partial charge in [-0.05, 0) is 43.2 Å². The third kappa shape index (κ3) is 6.27. The third-order valence-electron chi connectivity index (χ3n) is 5.95. The number of nitrogens with zero attached hydrogens (tertiary/aromatic N) is 1. The molecular formula is C22H27F4NO6. The zero-order valence-corrected chi connectivity index (χ0v) is 18.3. The fourth-order valence-electron chi connectivity index (χ4n) is 3.75. The van der Waals surface area contributed by atoms with E-state index in [0.29, 0.717) is 50.6 Å². The normalized spacial score (nSPS) is 18.4. The zero-order chi connectivity index (χ0) is 24.1. The molecule has 184 valence electrons. The van der Waals surface area contributed by atoms with Crippen LogP contribution in [0.3, 0.4) is 0 Å². The van der Waals surface area contributed by atoms with E-state index >= 15 is 0 Å². The van der Waals surface area contributed by atoms with Crippen LogP contribution >= 0.6 is 0 Å². The van der Waals surface area contributed by atoms with Crippen LogP contribution in [0.1, 0.15) is 31.2 Å². The highest BCUT2D eigenvalue weighted by atomic mass is 19.4. The first-order chi connectivity index (χ1) is 15.6. The average Bonchev–Trinajstić information content (AvgIpc) is 2.74. The number of methoxy groups -OCH3 is 1. The van der Waals surface area contributed by atoms with Crippen LogP contribution in [0.25, 0.3) is 0 Å². The molecule has 33 heavy (non-hydrogen) atoms. The van der Waals surface area contributed by atoms with Gasteiger partial charge < -0.3 is 23.8 Å². The standard InChI is InChI=1S/C22H27F4NO6/c1-30-19(28)11-16-4-5-17(12-18(16)23)32-10-2-3-15-6-8-27(9-7-15)20(29)33-21(13-31-14-21)22(24,25)26/h4-5,12,15H,2-3,6-11,13-14H2,1H3. The van der Waals surface area contributed by atoms with Gasteiger partial charge in [0.1, 0.15) is 11.6 Å². The van der Waals surface area contributed by atoms with Gasteiger partial charge in [-0.3, -0.25) is 4.79 Å². The van der Waals surface area contributed by atoms with Crippen molar-refractivity contribution in [1.82, 2.24) is 4.90 Å². The summed E-state index contributed by atoms with van der Waals surface area (Å²) in [5, 5.41) is 0. The molecule has 3 rings (SSSR count). The van der Waals surface area contributed by atoms with Crippen molar-refractivity contribution < 1.29 is 46.1 Å². The molecular weight excluding hydrogens is 450 g/mol. The van der Waals surface area contributed by atoms with Crippen molar-refractivity contribution in [3.63, 3.8) is 0 Å². The minimum atomic E-state index is -4.66. The van der Waals surface area contributed by atoms with Gasteiger partial charge in [0, 0.05) is 19.2 Å². The van der Waals surface area contributed by atoms with Crippen LogP contribution in [0, 0.1) is 11.7 Å². The smallest absolute Gasteiger partial charge is 0.433 e. The lowest BCUT2D eigenvalue weighted by Gasteiger charge is -2.43. The summed E-state index contributed by atoms with van der Waals surface area (Å²) in [7, 11) is 1.24. The lowest BCUT2D eigenvalue weighted by molar-refractivity contribution is -0.333. The van der Waals surface area contributed by atoms with E-state index in [-0.39, 0.29) is 12.0 Å². The molecule has 1 amide bonds. The number of likely N-dealkylation sites (tertiary alicyclic amines) is 1. The highest BCUT2D eigenvalue weighted by Crippen LogP contribution is 2.40. The van der Waals surface area contributed by atoms with Crippen LogP contribution in [-0.4, -0.2) is 68.8 Å². The van der Waals surface area contributed by atoms with Gasteiger partial charge in [-0.15, -0.1) is 0 Å². The predicted octanol–water partition coefficient (Wildman–Crippen LogP) is 3.88. The molecule has 0 saturated carbocycles. The Kier molecular flexibility index (Phi) is 8.04. The van der Waals surface area contributed by atoms with Gasteiger partial charge in [-0.1, -0.05) is 6.07 Å². The Bertz CT molecular complexity index is 835. The van der Waals surface area contributed by atoms with E-state index in [9.17, 15) is 27.2 Å². The van der Waals surface area contributed by atoms with Crippen LogP contribution in [0.2, 0.25) is 0 Å². The van der Waals surface area contributed by atoms with Gasteiger partial charge in [-0.25, -0.2) is 9.18 Å². The lowest BCUT2D eigenvalue weighted by Crippen LogP contribution is -2.64. The van der Waals surface area contributed by atoms with E-state index < -0.39 is 42.9 Å². The lowest BCUT2D eigenvalue weighted by atomic mass is 9.92. The fraction of sp³-hybridized carbons (Fsp3) is 0.636. The van der Waals surface area contributed by atoms with Crippen molar-refractivity contribution >= 4 is 12.1 Å². The topological polar surface area (TPSA) is 74.3 Å². The first-order valence-corrected chi connectivity index (χ1v) is 10.7. The maximum absolute atomic E-state index is 14.0. The number of ether oxygens (including phenoxy) is 4. The summed E-state index contributed by atoms with van der Waals surface area (Å²) < 4.78 is 72.9. The molecule has 0 aromatic heterocycles. The van der Waals surface area contributed by atoms with E-state index in [1.54, 1.807) is 6.07 Å². The van der Waals surface area contributed by atoms with Gasteiger partial charge >= 0.3 is 18.2 Å². The molecule has 2 aliphatic heterocycles. The van der Waals surface area contributed by atoms with Gasteiger partial charge in [-0.2, -0.15) is 13.2 Å². The summed E-state index contributed by atoms with van der Waals surface area (Å²) in [6.45, 7) is -0.322. The van der Waals surface area contributed by atoms with Crippen LogP contribution in [0.4, 0.5) is 22.4 Å². The molecule has 1 aromatic carbocycles. The first-order valence-electron chi connectivity index (χ1n) is 10.7. The number of halogens is 4. The molecule has 0 unspecified atom stereocenters. The first kappa shape index (κ1) is 25.1. The number of hydrogen-bond donors (Lipinski definition) is 0. The summed E-state index contributed by atoms with van der Waals surface area (Å²) in [6.07, 6.45) is -2.96. The van der Waals surface area contributed by atoms with Crippen LogP contribution in [0.15, 0.2) is 18.2 Å². The van der Waals surface area contributed by atoms with Crippen molar-refractivity contribution in [3.8, 4) is 5.75 Å². The Morgan fingerprint density at radius 2 is 1.91 bits per heavy atom. The molecule has 2 heterocycles. The van der Waals surface area contributed by atoms with Crippen molar-refractivity contribution in [2.24, 2.45) is 5.92 Å². The molecule has 0 bridgehead atoms. The summed E-state index contributed by atoms with van der Waals surface area (Å²) in [5.41, 5.74) is -2.31. The Hall–Kier alpha value is -2.56. The number of benzene rings is 1. The number of piperidine rings is 1. The molecule has 2 saturated heterocycles. The number of carbonyl (C=O) groups is 2. The molecule has 7 nitrogen and oxygen atoms in total. The number of esters is 1. The van der Waals surface area contributed by atoms with Gasteiger partial charge in [0.25, 0.3) is 5.60 Å². The van der Waals surface area contributed by atoms with Crippen molar-refractivity contribution in [1.29, 1.82) is 0 Å². The summed E-state index contributed by atoms with van der Waals surface area (Å²) >= 11 is 0. The number of hydrogen-bond acceptors (Lipinski definition) is 6. The molecule has 2 fully saturated rings. The van der Waals surface area contributed by atoms with Crippen molar-refractivity contribution in [2.45, 2.75) is 43.9 Å². The maximum atomic E-state index is 14.0.